The van der Waals surface area contributed by atoms with Crippen LogP contribution in [0.5, 0.6) is 11.5 Å². The molecular weight excluding hydrogens is 428 g/mol. The Balaban J connectivity index is 1.65. The Hall–Kier alpha value is -2.70. The van der Waals surface area contributed by atoms with E-state index in [1.54, 1.807) is 37.3 Å². The second-order valence-electron chi connectivity index (χ2n) is 5.89. The first kappa shape index (κ1) is 17.7. The van der Waals surface area contributed by atoms with Crippen molar-refractivity contribution in [2.75, 3.05) is 0 Å². The van der Waals surface area contributed by atoms with Gasteiger partial charge in [0.15, 0.2) is 5.76 Å². The number of halogens is 1. The molecule has 0 fully saturated rings. The van der Waals surface area contributed by atoms with E-state index >= 15 is 0 Å². The third-order valence-corrected chi connectivity index (χ3v) is 5.73. The number of hydrogen-bond acceptors (Lipinski definition) is 5. The molecule has 0 radical (unpaired) electrons. The Morgan fingerprint density at radius 1 is 1.15 bits per heavy atom. The van der Waals surface area contributed by atoms with Gasteiger partial charge in [0.2, 0.25) is 5.78 Å². The summed E-state index contributed by atoms with van der Waals surface area (Å²) in [5.74, 6) is 0.417. The number of esters is 1. The van der Waals surface area contributed by atoms with Crippen molar-refractivity contribution in [3.05, 3.63) is 85.7 Å². The maximum atomic E-state index is 12.7. The van der Waals surface area contributed by atoms with Crippen LogP contribution in [0.15, 0.2) is 64.1 Å². The van der Waals surface area contributed by atoms with Crippen LogP contribution in [-0.4, -0.2) is 11.8 Å². The van der Waals surface area contributed by atoms with Crippen molar-refractivity contribution < 1.29 is 19.1 Å². The Morgan fingerprint density at radius 2 is 1.96 bits per heavy atom. The molecule has 134 valence electrons. The third kappa shape index (κ3) is 3.34. The highest BCUT2D eigenvalue weighted by atomic mass is 79.9. The fraction of sp³-hybridized carbons (Fsp3) is 0.0476. The second kappa shape index (κ2) is 7.13. The summed E-state index contributed by atoms with van der Waals surface area (Å²) >= 11 is 4.77. The molecule has 4 rings (SSSR count). The minimum Gasteiger partial charge on any atom is -0.452 e. The zero-order valence-corrected chi connectivity index (χ0v) is 16.6. The monoisotopic (exact) mass is 440 g/mol. The number of hydrogen-bond donors (Lipinski definition) is 0. The molecule has 2 aromatic carbocycles. The predicted molar refractivity (Wildman–Crippen MR) is 108 cm³/mol. The molecule has 0 unspecified atom stereocenters. The SMILES string of the molecule is Cc1c(OC(=O)c2cccs2)ccc2c1O/C(=C\c1ccccc1Br)C2=O. The average molecular weight is 441 g/mol. The van der Waals surface area contributed by atoms with Crippen molar-refractivity contribution in [3.63, 3.8) is 0 Å². The van der Waals surface area contributed by atoms with Gasteiger partial charge in [0, 0.05) is 10.0 Å². The molecule has 0 N–H and O–H groups in total. The van der Waals surface area contributed by atoms with Crippen LogP contribution in [0, 0.1) is 6.92 Å². The molecule has 0 aliphatic carbocycles. The lowest BCUT2D eigenvalue weighted by atomic mass is 10.1. The van der Waals surface area contributed by atoms with Crippen LogP contribution in [0.1, 0.15) is 31.2 Å². The number of benzene rings is 2. The van der Waals surface area contributed by atoms with Gasteiger partial charge in [-0.15, -0.1) is 11.3 Å². The first-order chi connectivity index (χ1) is 13.0. The zero-order valence-electron chi connectivity index (χ0n) is 14.2. The van der Waals surface area contributed by atoms with Crippen molar-refractivity contribution in [1.29, 1.82) is 0 Å². The van der Waals surface area contributed by atoms with Gasteiger partial charge in [0.1, 0.15) is 16.4 Å². The van der Waals surface area contributed by atoms with Gasteiger partial charge in [-0.25, -0.2) is 4.79 Å². The summed E-state index contributed by atoms with van der Waals surface area (Å²) in [5, 5.41) is 1.81. The molecule has 6 heteroatoms. The number of Topliss-reactive ketones (excluding diaryl/α,β-unsaturated/α-hetero) is 1. The van der Waals surface area contributed by atoms with Crippen molar-refractivity contribution in [3.8, 4) is 11.5 Å². The summed E-state index contributed by atoms with van der Waals surface area (Å²) in [4.78, 5) is 25.4. The van der Waals surface area contributed by atoms with Gasteiger partial charge in [0.25, 0.3) is 0 Å². The molecular formula is C21H13BrO4S. The Labute approximate surface area is 168 Å². The summed E-state index contributed by atoms with van der Waals surface area (Å²) in [6.07, 6.45) is 1.70. The van der Waals surface area contributed by atoms with Gasteiger partial charge in [-0.2, -0.15) is 0 Å². The number of carbonyl (C=O) groups excluding carboxylic acids is 2. The van der Waals surface area contributed by atoms with Gasteiger partial charge >= 0.3 is 5.97 Å². The zero-order chi connectivity index (χ0) is 19.0. The van der Waals surface area contributed by atoms with E-state index in [0.29, 0.717) is 27.5 Å². The fourth-order valence-corrected chi connectivity index (χ4v) is 3.75. The van der Waals surface area contributed by atoms with Crippen LogP contribution in [0.2, 0.25) is 0 Å². The van der Waals surface area contributed by atoms with Crippen molar-refractivity contribution in [2.24, 2.45) is 0 Å². The molecule has 0 amide bonds. The molecule has 0 spiro atoms. The van der Waals surface area contributed by atoms with Crippen LogP contribution in [0.3, 0.4) is 0 Å². The highest BCUT2D eigenvalue weighted by Crippen LogP contribution is 2.39. The van der Waals surface area contributed by atoms with Crippen LogP contribution >= 0.6 is 27.3 Å². The van der Waals surface area contributed by atoms with Gasteiger partial charge in [-0.3, -0.25) is 4.79 Å². The molecule has 0 atom stereocenters. The van der Waals surface area contributed by atoms with Crippen molar-refractivity contribution in [2.45, 2.75) is 6.92 Å². The number of thiophene rings is 1. The highest BCUT2D eigenvalue weighted by Gasteiger charge is 2.30. The normalized spacial score (nSPS) is 14.1. The van der Waals surface area contributed by atoms with Gasteiger partial charge in [-0.1, -0.05) is 40.2 Å². The largest absolute Gasteiger partial charge is 0.452 e. The van der Waals surface area contributed by atoms with E-state index < -0.39 is 5.97 Å². The van der Waals surface area contributed by atoms with E-state index in [1.807, 2.05) is 29.6 Å². The molecule has 2 heterocycles. The first-order valence-electron chi connectivity index (χ1n) is 8.12. The number of carbonyl (C=O) groups is 2. The summed E-state index contributed by atoms with van der Waals surface area (Å²) in [6, 6.07) is 14.3. The molecule has 1 aliphatic rings. The summed E-state index contributed by atoms with van der Waals surface area (Å²) in [6.45, 7) is 1.77. The molecule has 27 heavy (non-hydrogen) atoms. The van der Waals surface area contributed by atoms with E-state index in [4.69, 9.17) is 9.47 Å². The molecule has 1 aliphatic heterocycles. The minimum absolute atomic E-state index is 0.194. The molecule has 0 saturated carbocycles. The second-order valence-corrected chi connectivity index (χ2v) is 7.70. The number of fused-ring (bicyclic) bond motifs is 1. The van der Waals surface area contributed by atoms with Crippen LogP contribution in [0.25, 0.3) is 6.08 Å². The Bertz CT molecular complexity index is 1080. The third-order valence-electron chi connectivity index (χ3n) is 4.15. The van der Waals surface area contributed by atoms with Gasteiger partial charge < -0.3 is 9.47 Å². The molecule has 1 aromatic heterocycles. The van der Waals surface area contributed by atoms with Gasteiger partial charge in [-0.05, 0) is 48.2 Å². The van der Waals surface area contributed by atoms with Crippen molar-refractivity contribution >= 4 is 45.1 Å². The smallest absolute Gasteiger partial charge is 0.353 e. The van der Waals surface area contributed by atoms with E-state index in [9.17, 15) is 9.59 Å². The number of ketones is 1. The predicted octanol–water partition coefficient (Wildman–Crippen LogP) is 5.65. The topological polar surface area (TPSA) is 52.6 Å². The number of ether oxygens (including phenoxy) is 2. The maximum Gasteiger partial charge on any atom is 0.353 e. The lowest BCUT2D eigenvalue weighted by Crippen LogP contribution is -2.07. The Morgan fingerprint density at radius 3 is 2.70 bits per heavy atom. The fourth-order valence-electron chi connectivity index (χ4n) is 2.76. The maximum absolute atomic E-state index is 12.7. The average Bonchev–Trinajstić information content (AvgIpc) is 3.29. The molecule has 0 bridgehead atoms. The summed E-state index contributed by atoms with van der Waals surface area (Å²) < 4.78 is 12.2. The minimum atomic E-state index is -0.429. The van der Waals surface area contributed by atoms with E-state index in [1.165, 1.54) is 11.3 Å². The Kier molecular flexibility index (Phi) is 4.68. The summed E-state index contributed by atoms with van der Waals surface area (Å²) in [5.41, 5.74) is 1.92. The number of rotatable bonds is 3. The standard InChI is InChI=1S/C21H13BrO4S/c1-12-16(26-21(24)18-7-4-10-27-18)9-8-14-19(23)17(25-20(12)14)11-13-5-2-3-6-15(13)22/h2-11H,1H3/b17-11-. The lowest BCUT2D eigenvalue weighted by molar-refractivity contribution is 0.0738. The number of allylic oxidation sites excluding steroid dienone is 1. The quantitative estimate of drug-likeness (QED) is 0.299. The first-order valence-corrected chi connectivity index (χ1v) is 9.80. The highest BCUT2D eigenvalue weighted by molar-refractivity contribution is 9.10. The van der Waals surface area contributed by atoms with Crippen molar-refractivity contribution in [1.82, 2.24) is 0 Å². The summed E-state index contributed by atoms with van der Waals surface area (Å²) in [7, 11) is 0. The van der Waals surface area contributed by atoms with E-state index in [-0.39, 0.29) is 11.5 Å². The van der Waals surface area contributed by atoms with Crippen LogP contribution < -0.4 is 9.47 Å². The van der Waals surface area contributed by atoms with E-state index in [0.717, 1.165) is 10.0 Å². The van der Waals surface area contributed by atoms with Gasteiger partial charge in [0.05, 0.1) is 5.56 Å². The van der Waals surface area contributed by atoms with E-state index in [2.05, 4.69) is 15.9 Å². The van der Waals surface area contributed by atoms with Crippen LogP contribution in [0.4, 0.5) is 0 Å². The molecule has 4 nitrogen and oxygen atoms in total. The lowest BCUT2D eigenvalue weighted by Gasteiger charge is -2.09. The molecule has 3 aromatic rings. The molecule has 0 saturated heterocycles. The van der Waals surface area contributed by atoms with Crippen LogP contribution in [-0.2, 0) is 0 Å².